The van der Waals surface area contributed by atoms with Crippen molar-refractivity contribution in [3.05, 3.63) is 33.9 Å². The van der Waals surface area contributed by atoms with E-state index in [0.29, 0.717) is 25.2 Å². The molecule has 0 atom stereocenters. The summed E-state index contributed by atoms with van der Waals surface area (Å²) in [6.45, 7) is 5.13. The van der Waals surface area contributed by atoms with Gasteiger partial charge in [-0.25, -0.2) is 0 Å². The highest BCUT2D eigenvalue weighted by atomic mass is 35.5. The SMILES string of the molecule is Cc1cc(C)n(CCCNC(=O)CCn2nc(C(F)(F)F)c(Cl)c2C2CC2)n1. The third-order valence-corrected chi connectivity index (χ3v) is 5.06. The van der Waals surface area contributed by atoms with Gasteiger partial charge in [-0.3, -0.25) is 14.2 Å². The number of carbonyl (C=O) groups excluding carboxylic acids is 1. The summed E-state index contributed by atoms with van der Waals surface area (Å²) in [6, 6.07) is 1.99. The van der Waals surface area contributed by atoms with Crippen molar-refractivity contribution in [2.24, 2.45) is 0 Å². The van der Waals surface area contributed by atoms with Crippen LogP contribution in [0.5, 0.6) is 0 Å². The number of aryl methyl sites for hydroxylation is 4. The zero-order valence-electron chi connectivity index (χ0n) is 15.8. The van der Waals surface area contributed by atoms with Crippen LogP contribution in [0, 0.1) is 13.8 Å². The highest BCUT2D eigenvalue weighted by molar-refractivity contribution is 6.32. The van der Waals surface area contributed by atoms with Crippen molar-refractivity contribution in [3.63, 3.8) is 0 Å². The number of rotatable bonds is 8. The Kier molecular flexibility index (Phi) is 6.02. The van der Waals surface area contributed by atoms with E-state index in [1.54, 1.807) is 0 Å². The van der Waals surface area contributed by atoms with Crippen molar-refractivity contribution in [2.75, 3.05) is 6.54 Å². The molecule has 0 unspecified atom stereocenters. The Balaban J connectivity index is 1.50. The van der Waals surface area contributed by atoms with Crippen molar-refractivity contribution in [1.82, 2.24) is 24.9 Å². The molecule has 1 aliphatic rings. The number of hydrogen-bond donors (Lipinski definition) is 1. The van der Waals surface area contributed by atoms with Gasteiger partial charge in [0.25, 0.3) is 0 Å². The second kappa shape index (κ2) is 8.14. The first-order valence-electron chi connectivity index (χ1n) is 9.28. The van der Waals surface area contributed by atoms with Gasteiger partial charge < -0.3 is 5.32 Å². The molecule has 2 aromatic heterocycles. The van der Waals surface area contributed by atoms with Crippen LogP contribution in [0.3, 0.4) is 0 Å². The molecule has 0 saturated heterocycles. The second-order valence-corrected chi connectivity index (χ2v) is 7.52. The van der Waals surface area contributed by atoms with Gasteiger partial charge in [0.1, 0.15) is 0 Å². The van der Waals surface area contributed by atoms with Gasteiger partial charge in [0.2, 0.25) is 5.91 Å². The van der Waals surface area contributed by atoms with Crippen molar-refractivity contribution in [2.45, 2.75) is 64.7 Å². The fraction of sp³-hybridized carbons (Fsp3) is 0.611. The maximum Gasteiger partial charge on any atom is 0.436 e. The minimum atomic E-state index is -4.60. The molecule has 0 aromatic carbocycles. The van der Waals surface area contributed by atoms with E-state index in [4.69, 9.17) is 11.6 Å². The molecule has 1 aliphatic carbocycles. The van der Waals surface area contributed by atoms with Crippen molar-refractivity contribution in [3.8, 4) is 0 Å². The molecular formula is C18H23ClF3N5O. The van der Waals surface area contributed by atoms with E-state index in [1.807, 2.05) is 24.6 Å². The number of hydrogen-bond acceptors (Lipinski definition) is 3. The fourth-order valence-electron chi connectivity index (χ4n) is 3.21. The molecule has 0 bridgehead atoms. The number of nitrogens with zero attached hydrogens (tertiary/aromatic N) is 4. The first kappa shape index (κ1) is 20.7. The predicted molar refractivity (Wildman–Crippen MR) is 98.2 cm³/mol. The van der Waals surface area contributed by atoms with E-state index >= 15 is 0 Å². The Morgan fingerprint density at radius 1 is 1.25 bits per heavy atom. The molecule has 154 valence electrons. The van der Waals surface area contributed by atoms with Crippen LogP contribution in [0.2, 0.25) is 5.02 Å². The van der Waals surface area contributed by atoms with E-state index in [0.717, 1.165) is 24.2 Å². The van der Waals surface area contributed by atoms with Crippen LogP contribution in [-0.4, -0.2) is 32.0 Å². The molecule has 0 aliphatic heterocycles. The van der Waals surface area contributed by atoms with Crippen LogP contribution in [0.25, 0.3) is 0 Å². The van der Waals surface area contributed by atoms with Crippen LogP contribution < -0.4 is 5.32 Å². The zero-order chi connectivity index (χ0) is 20.5. The minimum Gasteiger partial charge on any atom is -0.356 e. The van der Waals surface area contributed by atoms with Crippen molar-refractivity contribution >= 4 is 17.5 Å². The van der Waals surface area contributed by atoms with Crippen molar-refractivity contribution < 1.29 is 18.0 Å². The number of alkyl halides is 3. The van der Waals surface area contributed by atoms with Crippen molar-refractivity contribution in [1.29, 1.82) is 0 Å². The smallest absolute Gasteiger partial charge is 0.356 e. The van der Waals surface area contributed by atoms with Gasteiger partial charge >= 0.3 is 6.18 Å². The normalized spacial score (nSPS) is 14.5. The number of carbonyl (C=O) groups is 1. The molecule has 2 aromatic rings. The topological polar surface area (TPSA) is 64.7 Å². The lowest BCUT2D eigenvalue weighted by atomic mass is 10.2. The summed E-state index contributed by atoms with van der Waals surface area (Å²) in [7, 11) is 0. The van der Waals surface area contributed by atoms with E-state index in [1.165, 1.54) is 4.68 Å². The molecule has 6 nitrogen and oxygen atoms in total. The Hall–Kier alpha value is -2.03. The molecule has 10 heteroatoms. The van der Waals surface area contributed by atoms with Gasteiger partial charge in [-0.05, 0) is 39.2 Å². The van der Waals surface area contributed by atoms with Gasteiger partial charge in [-0.2, -0.15) is 23.4 Å². The van der Waals surface area contributed by atoms with Crippen LogP contribution in [0.4, 0.5) is 13.2 Å². The van der Waals surface area contributed by atoms with Crippen LogP contribution in [0.15, 0.2) is 6.07 Å². The average Bonchev–Trinajstić information content (AvgIpc) is 3.29. The standard InChI is InChI=1S/C18H23ClF3N5O/c1-11-10-12(2)26(24-11)8-3-7-23-14(28)6-9-27-16(13-4-5-13)15(19)17(25-27)18(20,21)22/h10,13H,3-9H2,1-2H3,(H,23,28). The summed E-state index contributed by atoms with van der Waals surface area (Å²) >= 11 is 5.93. The van der Waals surface area contributed by atoms with Gasteiger partial charge in [0, 0.05) is 31.1 Å². The van der Waals surface area contributed by atoms with E-state index in [-0.39, 0.29) is 29.8 Å². The van der Waals surface area contributed by atoms with E-state index in [9.17, 15) is 18.0 Å². The minimum absolute atomic E-state index is 0.0000664. The third-order valence-electron chi connectivity index (χ3n) is 4.69. The van der Waals surface area contributed by atoms with Crippen LogP contribution in [0.1, 0.15) is 54.4 Å². The van der Waals surface area contributed by atoms with Crippen LogP contribution in [-0.2, 0) is 24.1 Å². The number of halogens is 4. The maximum absolute atomic E-state index is 13.1. The molecule has 2 heterocycles. The summed E-state index contributed by atoms with van der Waals surface area (Å²) in [6.07, 6.45) is -2.25. The number of nitrogens with one attached hydrogen (secondary N) is 1. The molecule has 28 heavy (non-hydrogen) atoms. The molecule has 3 rings (SSSR count). The lowest BCUT2D eigenvalue weighted by molar-refractivity contribution is -0.141. The summed E-state index contributed by atoms with van der Waals surface area (Å²) in [5.41, 5.74) is 1.34. The first-order valence-corrected chi connectivity index (χ1v) is 9.65. The fourth-order valence-corrected chi connectivity index (χ4v) is 3.60. The lowest BCUT2D eigenvalue weighted by Crippen LogP contribution is -2.26. The highest BCUT2D eigenvalue weighted by Crippen LogP contribution is 2.46. The van der Waals surface area contributed by atoms with E-state index < -0.39 is 11.9 Å². The van der Waals surface area contributed by atoms with Crippen LogP contribution >= 0.6 is 11.6 Å². The summed E-state index contributed by atoms with van der Waals surface area (Å²) < 4.78 is 42.3. The van der Waals surface area contributed by atoms with Gasteiger partial charge in [-0.1, -0.05) is 11.6 Å². The molecule has 1 N–H and O–H groups in total. The Morgan fingerprint density at radius 2 is 1.96 bits per heavy atom. The quantitative estimate of drug-likeness (QED) is 0.664. The Morgan fingerprint density at radius 3 is 2.54 bits per heavy atom. The lowest BCUT2D eigenvalue weighted by Gasteiger charge is -2.09. The molecular weight excluding hydrogens is 395 g/mol. The molecule has 1 saturated carbocycles. The maximum atomic E-state index is 13.1. The molecule has 0 spiro atoms. The molecule has 1 fully saturated rings. The average molecular weight is 418 g/mol. The Labute approximate surface area is 166 Å². The molecule has 0 radical (unpaired) electrons. The Bertz CT molecular complexity index is 854. The first-order chi connectivity index (χ1) is 13.2. The zero-order valence-corrected chi connectivity index (χ0v) is 16.6. The summed E-state index contributed by atoms with van der Waals surface area (Å²) in [5.74, 6) is -0.227. The second-order valence-electron chi connectivity index (χ2n) is 7.15. The van der Waals surface area contributed by atoms with Gasteiger partial charge in [0.05, 0.1) is 23.0 Å². The summed E-state index contributed by atoms with van der Waals surface area (Å²) in [5, 5.41) is 10.4. The largest absolute Gasteiger partial charge is 0.436 e. The van der Waals surface area contributed by atoms with E-state index in [2.05, 4.69) is 15.5 Å². The number of aromatic nitrogens is 4. The number of amides is 1. The van der Waals surface area contributed by atoms with Gasteiger partial charge in [-0.15, -0.1) is 0 Å². The van der Waals surface area contributed by atoms with Gasteiger partial charge in [0.15, 0.2) is 5.69 Å². The highest BCUT2D eigenvalue weighted by Gasteiger charge is 2.41. The third kappa shape index (κ3) is 4.87. The monoisotopic (exact) mass is 417 g/mol. The molecule has 1 amide bonds. The summed E-state index contributed by atoms with van der Waals surface area (Å²) in [4.78, 5) is 12.1. The predicted octanol–water partition coefficient (Wildman–Crippen LogP) is 3.84.